The van der Waals surface area contributed by atoms with Crippen molar-refractivity contribution in [1.82, 2.24) is 14.3 Å². The number of aromatic nitrogens is 2. The van der Waals surface area contributed by atoms with Crippen LogP contribution in [0.1, 0.15) is 26.6 Å². The predicted octanol–water partition coefficient (Wildman–Crippen LogP) is 0.805. The fraction of sp³-hybridized carbons (Fsp3) is 0.667. The van der Waals surface area contributed by atoms with Crippen molar-refractivity contribution >= 4 is 10.0 Å². The van der Waals surface area contributed by atoms with Gasteiger partial charge in [0, 0.05) is 18.8 Å². The second kappa shape index (κ2) is 3.61. The van der Waals surface area contributed by atoms with Crippen LogP contribution in [-0.4, -0.2) is 23.5 Å². The van der Waals surface area contributed by atoms with Crippen LogP contribution in [0.4, 0.5) is 0 Å². The highest BCUT2D eigenvalue weighted by atomic mass is 32.2. The molecule has 5 nitrogen and oxygen atoms in total. The molecule has 0 fully saturated rings. The summed E-state index contributed by atoms with van der Waals surface area (Å²) in [5.41, 5.74) is -0.496. The van der Waals surface area contributed by atoms with Gasteiger partial charge in [-0.2, -0.15) is 0 Å². The molecule has 1 aromatic rings. The van der Waals surface area contributed by atoms with Gasteiger partial charge in [0.15, 0.2) is 5.03 Å². The minimum absolute atomic E-state index is 0.0671. The van der Waals surface area contributed by atoms with E-state index in [1.54, 1.807) is 39.3 Å². The molecule has 0 aliphatic heterocycles. The molecule has 1 heterocycles. The van der Waals surface area contributed by atoms with E-state index in [9.17, 15) is 8.42 Å². The molecule has 0 unspecified atom stereocenters. The number of sulfonamides is 1. The van der Waals surface area contributed by atoms with Gasteiger partial charge < -0.3 is 4.57 Å². The lowest BCUT2D eigenvalue weighted by Crippen LogP contribution is -2.40. The fourth-order valence-corrected chi connectivity index (χ4v) is 2.57. The van der Waals surface area contributed by atoms with Crippen molar-refractivity contribution in [2.45, 2.75) is 38.3 Å². The van der Waals surface area contributed by atoms with Gasteiger partial charge in [0.25, 0.3) is 10.0 Å². The Labute approximate surface area is 90.6 Å². The Bertz CT molecular complexity index is 435. The summed E-state index contributed by atoms with van der Waals surface area (Å²) < 4.78 is 27.9. The van der Waals surface area contributed by atoms with Gasteiger partial charge in [-0.25, -0.2) is 18.1 Å². The van der Waals surface area contributed by atoms with Crippen molar-refractivity contribution in [2.24, 2.45) is 7.05 Å². The van der Waals surface area contributed by atoms with Crippen molar-refractivity contribution < 1.29 is 8.42 Å². The summed E-state index contributed by atoms with van der Waals surface area (Å²) in [6, 6.07) is 0. The van der Waals surface area contributed by atoms with Crippen LogP contribution in [-0.2, 0) is 17.1 Å². The third-order valence-corrected chi connectivity index (χ3v) is 3.43. The normalized spacial score (nSPS) is 13.1. The molecule has 0 radical (unpaired) electrons. The van der Waals surface area contributed by atoms with E-state index in [1.807, 2.05) is 0 Å². The fourth-order valence-electron chi connectivity index (χ4n) is 1.11. The van der Waals surface area contributed by atoms with Gasteiger partial charge in [0.2, 0.25) is 0 Å². The number of imidazole rings is 1. The van der Waals surface area contributed by atoms with Gasteiger partial charge >= 0.3 is 0 Å². The third kappa shape index (κ3) is 3.04. The van der Waals surface area contributed by atoms with E-state index in [-0.39, 0.29) is 5.03 Å². The van der Waals surface area contributed by atoms with Crippen LogP contribution in [0.3, 0.4) is 0 Å². The molecule has 0 saturated carbocycles. The standard InChI is InChI=1S/C9H17N3O2S/c1-7-10-8(6-12(7)5)15(13,14)11-9(2,3)4/h6,11H,1-5H3. The first-order chi connectivity index (χ1) is 6.62. The number of aryl methyl sites for hydroxylation is 2. The second-order valence-electron chi connectivity index (χ2n) is 4.59. The zero-order valence-electron chi connectivity index (χ0n) is 9.70. The Morgan fingerprint density at radius 1 is 1.40 bits per heavy atom. The van der Waals surface area contributed by atoms with Crippen LogP contribution in [0.2, 0.25) is 0 Å². The lowest BCUT2D eigenvalue weighted by atomic mass is 10.1. The zero-order valence-corrected chi connectivity index (χ0v) is 10.5. The zero-order chi connectivity index (χ0) is 11.9. The minimum Gasteiger partial charge on any atom is -0.337 e. The monoisotopic (exact) mass is 231 g/mol. The number of hydrogen-bond donors (Lipinski definition) is 1. The molecular weight excluding hydrogens is 214 g/mol. The minimum atomic E-state index is -3.50. The first kappa shape index (κ1) is 12.2. The van der Waals surface area contributed by atoms with Crippen LogP contribution in [0.5, 0.6) is 0 Å². The highest BCUT2D eigenvalue weighted by Crippen LogP contribution is 2.11. The lowest BCUT2D eigenvalue weighted by molar-refractivity contribution is 0.490. The maximum Gasteiger partial charge on any atom is 0.260 e. The summed E-state index contributed by atoms with van der Waals surface area (Å²) in [4.78, 5) is 3.98. The summed E-state index contributed by atoms with van der Waals surface area (Å²) in [7, 11) is -1.74. The number of rotatable bonds is 2. The van der Waals surface area contributed by atoms with E-state index >= 15 is 0 Å². The SMILES string of the molecule is Cc1nc(S(=O)(=O)NC(C)(C)C)cn1C. The molecule has 6 heteroatoms. The first-order valence-electron chi connectivity index (χ1n) is 4.66. The van der Waals surface area contributed by atoms with E-state index in [1.165, 1.54) is 6.20 Å². The molecule has 0 saturated heterocycles. The Hall–Kier alpha value is -0.880. The highest BCUT2D eigenvalue weighted by Gasteiger charge is 2.24. The summed E-state index contributed by atoms with van der Waals surface area (Å²) in [5.74, 6) is 0.671. The van der Waals surface area contributed by atoms with Crippen molar-refractivity contribution in [3.63, 3.8) is 0 Å². The molecule has 86 valence electrons. The van der Waals surface area contributed by atoms with E-state index in [4.69, 9.17) is 0 Å². The highest BCUT2D eigenvalue weighted by molar-refractivity contribution is 7.89. The van der Waals surface area contributed by atoms with Gasteiger partial charge in [0.05, 0.1) is 0 Å². The van der Waals surface area contributed by atoms with Crippen molar-refractivity contribution in [3.8, 4) is 0 Å². The van der Waals surface area contributed by atoms with Gasteiger partial charge in [-0.3, -0.25) is 0 Å². The predicted molar refractivity (Wildman–Crippen MR) is 58.0 cm³/mol. The first-order valence-corrected chi connectivity index (χ1v) is 6.14. The lowest BCUT2D eigenvalue weighted by Gasteiger charge is -2.19. The summed E-state index contributed by atoms with van der Waals surface area (Å²) >= 11 is 0. The molecule has 0 atom stereocenters. The molecule has 1 rings (SSSR count). The Balaban J connectivity index is 3.07. The van der Waals surface area contributed by atoms with Gasteiger partial charge in [-0.05, 0) is 27.7 Å². The van der Waals surface area contributed by atoms with E-state index in [0.29, 0.717) is 5.82 Å². The van der Waals surface area contributed by atoms with Crippen molar-refractivity contribution in [2.75, 3.05) is 0 Å². The topological polar surface area (TPSA) is 64.0 Å². The van der Waals surface area contributed by atoms with Gasteiger partial charge in [-0.15, -0.1) is 0 Å². The molecule has 1 N–H and O–H groups in total. The van der Waals surface area contributed by atoms with Crippen LogP contribution in [0.15, 0.2) is 11.2 Å². The number of nitrogens with one attached hydrogen (secondary N) is 1. The smallest absolute Gasteiger partial charge is 0.260 e. The molecule has 15 heavy (non-hydrogen) atoms. The van der Waals surface area contributed by atoms with Crippen LogP contribution < -0.4 is 4.72 Å². The Morgan fingerprint density at radius 3 is 2.27 bits per heavy atom. The van der Waals surface area contributed by atoms with E-state index in [2.05, 4.69) is 9.71 Å². The quantitative estimate of drug-likeness (QED) is 0.819. The summed E-state index contributed by atoms with van der Waals surface area (Å²) in [6.07, 6.45) is 1.50. The molecule has 0 aliphatic rings. The van der Waals surface area contributed by atoms with Gasteiger partial charge in [-0.1, -0.05) is 0 Å². The average molecular weight is 231 g/mol. The second-order valence-corrected chi connectivity index (χ2v) is 6.22. The van der Waals surface area contributed by atoms with Gasteiger partial charge in [0.1, 0.15) is 5.82 Å². The molecule has 0 bridgehead atoms. The molecule has 0 spiro atoms. The number of nitrogens with zero attached hydrogens (tertiary/aromatic N) is 2. The van der Waals surface area contributed by atoms with Crippen LogP contribution in [0.25, 0.3) is 0 Å². The molecule has 0 aliphatic carbocycles. The molecule has 1 aromatic heterocycles. The van der Waals surface area contributed by atoms with Crippen molar-refractivity contribution in [3.05, 3.63) is 12.0 Å². The Kier molecular flexibility index (Phi) is 2.93. The largest absolute Gasteiger partial charge is 0.337 e. The van der Waals surface area contributed by atoms with Crippen LogP contribution >= 0.6 is 0 Å². The number of hydrogen-bond acceptors (Lipinski definition) is 3. The maximum absolute atomic E-state index is 11.8. The third-order valence-electron chi connectivity index (χ3n) is 1.80. The van der Waals surface area contributed by atoms with E-state index < -0.39 is 15.6 Å². The average Bonchev–Trinajstić information content (AvgIpc) is 2.27. The van der Waals surface area contributed by atoms with Crippen molar-refractivity contribution in [1.29, 1.82) is 0 Å². The summed E-state index contributed by atoms with van der Waals surface area (Å²) in [6.45, 7) is 7.14. The maximum atomic E-state index is 11.8. The summed E-state index contributed by atoms with van der Waals surface area (Å²) in [5, 5.41) is 0.0671. The van der Waals surface area contributed by atoms with E-state index in [0.717, 1.165) is 0 Å². The molecular formula is C9H17N3O2S. The Morgan fingerprint density at radius 2 is 1.93 bits per heavy atom. The molecule has 0 amide bonds. The molecule has 0 aromatic carbocycles. The van der Waals surface area contributed by atoms with Crippen LogP contribution in [0, 0.1) is 6.92 Å².